The van der Waals surface area contributed by atoms with Gasteiger partial charge in [0.2, 0.25) is 5.91 Å². The van der Waals surface area contributed by atoms with Gasteiger partial charge in [-0.15, -0.1) is 0 Å². The molecule has 0 spiro atoms. The second-order valence-electron chi connectivity index (χ2n) is 9.42. The molecule has 1 aliphatic carbocycles. The topological polar surface area (TPSA) is 59.1 Å². The maximum absolute atomic E-state index is 12.8. The first kappa shape index (κ1) is 23.1. The number of carbonyl (C=O) groups is 2. The SMILES string of the molecule is CCCCNC(=O)c1cccc(N2CCN(CC(=O)N3CCN(C4CCC4)CC3)CC2)c1. The van der Waals surface area contributed by atoms with E-state index in [2.05, 4.69) is 37.9 Å². The van der Waals surface area contributed by atoms with Crippen molar-refractivity contribution < 1.29 is 9.59 Å². The van der Waals surface area contributed by atoms with Crippen LogP contribution in [0.25, 0.3) is 0 Å². The Morgan fingerprint density at radius 2 is 1.75 bits per heavy atom. The maximum atomic E-state index is 12.8. The number of unbranched alkanes of at least 4 members (excludes halogenated alkanes) is 1. The standard InChI is InChI=1S/C25H39N5O2/c1-2-3-10-26-25(32)21-6-4-9-23(19-21)29-13-11-27(12-14-29)20-24(31)30-17-15-28(16-18-30)22-7-5-8-22/h4,6,9,19,22H,2-3,5,7-8,10-18,20H2,1H3,(H,26,32). The molecular weight excluding hydrogens is 402 g/mol. The zero-order valence-electron chi connectivity index (χ0n) is 19.6. The van der Waals surface area contributed by atoms with Gasteiger partial charge in [0.05, 0.1) is 6.54 Å². The molecule has 2 heterocycles. The fraction of sp³-hybridized carbons (Fsp3) is 0.680. The highest BCUT2D eigenvalue weighted by Crippen LogP contribution is 2.25. The Kier molecular flexibility index (Phi) is 8.03. The zero-order chi connectivity index (χ0) is 22.3. The second kappa shape index (κ2) is 11.1. The number of hydrogen-bond donors (Lipinski definition) is 1. The van der Waals surface area contributed by atoms with E-state index in [1.165, 1.54) is 19.3 Å². The van der Waals surface area contributed by atoms with Gasteiger partial charge in [0.1, 0.15) is 0 Å². The van der Waals surface area contributed by atoms with E-state index in [0.29, 0.717) is 6.54 Å². The second-order valence-corrected chi connectivity index (χ2v) is 9.42. The van der Waals surface area contributed by atoms with E-state index < -0.39 is 0 Å². The van der Waals surface area contributed by atoms with E-state index >= 15 is 0 Å². The average molecular weight is 442 g/mol. The molecule has 7 nitrogen and oxygen atoms in total. The van der Waals surface area contributed by atoms with Crippen molar-refractivity contribution in [2.45, 2.75) is 45.1 Å². The molecule has 1 aromatic rings. The minimum absolute atomic E-state index is 0.00179. The molecule has 32 heavy (non-hydrogen) atoms. The number of hydrogen-bond acceptors (Lipinski definition) is 5. The Labute approximate surface area is 192 Å². The summed E-state index contributed by atoms with van der Waals surface area (Å²) < 4.78 is 0. The van der Waals surface area contributed by atoms with Crippen LogP contribution >= 0.6 is 0 Å². The summed E-state index contributed by atoms with van der Waals surface area (Å²) in [5, 5.41) is 2.99. The smallest absolute Gasteiger partial charge is 0.251 e. The lowest BCUT2D eigenvalue weighted by molar-refractivity contribution is -0.134. The van der Waals surface area contributed by atoms with Gasteiger partial charge in [-0.1, -0.05) is 25.8 Å². The highest BCUT2D eigenvalue weighted by molar-refractivity contribution is 5.95. The first-order valence-electron chi connectivity index (χ1n) is 12.5. The Balaban J connectivity index is 1.21. The monoisotopic (exact) mass is 441 g/mol. The first-order valence-corrected chi connectivity index (χ1v) is 12.5. The predicted octanol–water partition coefficient (Wildman–Crippen LogP) is 2.04. The van der Waals surface area contributed by atoms with Crippen molar-refractivity contribution in [2.75, 3.05) is 70.3 Å². The summed E-state index contributed by atoms with van der Waals surface area (Å²) in [6, 6.07) is 8.68. The normalized spacial score (nSPS) is 20.8. The van der Waals surface area contributed by atoms with E-state index in [9.17, 15) is 9.59 Å². The summed E-state index contributed by atoms with van der Waals surface area (Å²) in [4.78, 5) is 34.4. The van der Waals surface area contributed by atoms with E-state index in [4.69, 9.17) is 0 Å². The highest BCUT2D eigenvalue weighted by Gasteiger charge is 2.30. The molecule has 3 aliphatic rings. The van der Waals surface area contributed by atoms with Crippen molar-refractivity contribution >= 4 is 17.5 Å². The summed E-state index contributed by atoms with van der Waals surface area (Å²) in [7, 11) is 0. The van der Waals surface area contributed by atoms with Gasteiger partial charge < -0.3 is 15.1 Å². The molecule has 2 saturated heterocycles. The van der Waals surface area contributed by atoms with E-state index in [-0.39, 0.29) is 11.8 Å². The molecule has 0 unspecified atom stereocenters. The average Bonchev–Trinajstić information content (AvgIpc) is 2.79. The Morgan fingerprint density at radius 3 is 2.41 bits per heavy atom. The number of carbonyl (C=O) groups excluding carboxylic acids is 2. The molecule has 0 radical (unpaired) electrons. The van der Waals surface area contributed by atoms with Gasteiger partial charge in [0, 0.05) is 76.2 Å². The molecular formula is C25H39N5O2. The zero-order valence-corrected chi connectivity index (χ0v) is 19.6. The van der Waals surface area contributed by atoms with Crippen LogP contribution in [-0.4, -0.2) is 98.0 Å². The van der Waals surface area contributed by atoms with Gasteiger partial charge in [-0.25, -0.2) is 0 Å². The summed E-state index contributed by atoms with van der Waals surface area (Å²) in [5.74, 6) is 0.277. The van der Waals surface area contributed by atoms with Crippen LogP contribution in [0.2, 0.25) is 0 Å². The third kappa shape index (κ3) is 5.81. The highest BCUT2D eigenvalue weighted by atomic mass is 16.2. The Morgan fingerprint density at radius 1 is 1.00 bits per heavy atom. The number of anilines is 1. The minimum Gasteiger partial charge on any atom is -0.369 e. The molecule has 0 aromatic heterocycles. The van der Waals surface area contributed by atoms with Gasteiger partial charge in [0.15, 0.2) is 0 Å². The van der Waals surface area contributed by atoms with Gasteiger partial charge in [0.25, 0.3) is 5.91 Å². The number of nitrogens with zero attached hydrogens (tertiary/aromatic N) is 4. The van der Waals surface area contributed by atoms with Gasteiger partial charge in [-0.05, 0) is 37.5 Å². The summed E-state index contributed by atoms with van der Waals surface area (Å²) in [5.41, 5.74) is 1.81. The van der Waals surface area contributed by atoms with Crippen LogP contribution in [0.4, 0.5) is 5.69 Å². The molecule has 0 bridgehead atoms. The molecule has 0 atom stereocenters. The molecule has 4 rings (SSSR count). The van der Waals surface area contributed by atoms with Gasteiger partial charge in [-0.3, -0.25) is 19.4 Å². The van der Waals surface area contributed by atoms with Crippen LogP contribution < -0.4 is 10.2 Å². The number of amides is 2. The molecule has 3 fully saturated rings. The third-order valence-electron chi connectivity index (χ3n) is 7.28. The van der Waals surface area contributed by atoms with Crippen LogP contribution in [0.1, 0.15) is 49.4 Å². The number of piperazine rings is 2. The lowest BCUT2D eigenvalue weighted by Crippen LogP contribution is -2.56. The summed E-state index contributed by atoms with van der Waals surface area (Å²) >= 11 is 0. The van der Waals surface area contributed by atoms with E-state index in [1.807, 2.05) is 18.2 Å². The van der Waals surface area contributed by atoms with Crippen molar-refractivity contribution in [3.8, 4) is 0 Å². The van der Waals surface area contributed by atoms with Crippen molar-refractivity contribution in [2.24, 2.45) is 0 Å². The van der Waals surface area contributed by atoms with Crippen molar-refractivity contribution in [3.63, 3.8) is 0 Å². The van der Waals surface area contributed by atoms with Crippen LogP contribution in [0, 0.1) is 0 Å². The molecule has 1 saturated carbocycles. The van der Waals surface area contributed by atoms with Crippen molar-refractivity contribution in [1.82, 2.24) is 20.0 Å². The number of nitrogens with one attached hydrogen (secondary N) is 1. The third-order valence-corrected chi connectivity index (χ3v) is 7.28. The molecule has 2 amide bonds. The van der Waals surface area contributed by atoms with Crippen LogP contribution in [-0.2, 0) is 4.79 Å². The minimum atomic E-state index is 0.00179. The van der Waals surface area contributed by atoms with Gasteiger partial charge >= 0.3 is 0 Å². The summed E-state index contributed by atoms with van der Waals surface area (Å²) in [6.07, 6.45) is 6.12. The van der Waals surface area contributed by atoms with E-state index in [0.717, 1.165) is 89.0 Å². The maximum Gasteiger partial charge on any atom is 0.251 e. The van der Waals surface area contributed by atoms with Crippen LogP contribution in [0.3, 0.4) is 0 Å². The lowest BCUT2D eigenvalue weighted by Gasteiger charge is -2.43. The fourth-order valence-corrected chi connectivity index (χ4v) is 4.87. The largest absolute Gasteiger partial charge is 0.369 e. The molecule has 1 N–H and O–H groups in total. The van der Waals surface area contributed by atoms with Gasteiger partial charge in [-0.2, -0.15) is 0 Å². The fourth-order valence-electron chi connectivity index (χ4n) is 4.87. The molecule has 1 aromatic carbocycles. The quantitative estimate of drug-likeness (QED) is 0.626. The number of benzene rings is 1. The van der Waals surface area contributed by atoms with E-state index in [1.54, 1.807) is 0 Å². The van der Waals surface area contributed by atoms with Crippen molar-refractivity contribution in [3.05, 3.63) is 29.8 Å². The molecule has 176 valence electrons. The molecule has 7 heteroatoms. The summed E-state index contributed by atoms with van der Waals surface area (Å²) in [6.45, 7) is 10.7. The Hall–Kier alpha value is -2.12. The van der Waals surface area contributed by atoms with Crippen LogP contribution in [0.15, 0.2) is 24.3 Å². The number of rotatable bonds is 8. The molecule has 2 aliphatic heterocycles. The predicted molar refractivity (Wildman–Crippen MR) is 128 cm³/mol. The lowest BCUT2D eigenvalue weighted by atomic mass is 9.91. The van der Waals surface area contributed by atoms with Crippen LogP contribution in [0.5, 0.6) is 0 Å². The first-order chi connectivity index (χ1) is 15.6. The van der Waals surface area contributed by atoms with Crippen molar-refractivity contribution in [1.29, 1.82) is 0 Å². The Bertz CT molecular complexity index is 765.